The summed E-state index contributed by atoms with van der Waals surface area (Å²) in [4.78, 5) is 23.2. The van der Waals surface area contributed by atoms with Gasteiger partial charge in [-0.1, -0.05) is 42.5 Å². The molecule has 5 nitrogen and oxygen atoms in total. The number of benzene rings is 2. The Morgan fingerprint density at radius 3 is 2.69 bits per heavy atom. The first kappa shape index (κ1) is 16.9. The van der Waals surface area contributed by atoms with E-state index < -0.39 is 0 Å². The SMILES string of the molecule is O=C1CN(Cc2c[nH]cn2)Sc2ccccc2N1CCc1ccccc1. The molecular formula is C20H20N4OS. The van der Waals surface area contributed by atoms with Gasteiger partial charge in [0.05, 0.1) is 30.8 Å². The summed E-state index contributed by atoms with van der Waals surface area (Å²) in [5.41, 5.74) is 3.16. The monoisotopic (exact) mass is 364 g/mol. The number of H-pyrrole nitrogens is 1. The topological polar surface area (TPSA) is 52.2 Å². The predicted molar refractivity (Wildman–Crippen MR) is 104 cm³/mol. The van der Waals surface area contributed by atoms with Crippen LogP contribution in [0.5, 0.6) is 0 Å². The molecule has 1 amide bonds. The van der Waals surface area contributed by atoms with E-state index in [1.807, 2.05) is 47.5 Å². The number of hydrogen-bond acceptors (Lipinski definition) is 4. The normalized spacial score (nSPS) is 14.9. The number of hydrogen-bond donors (Lipinski definition) is 1. The van der Waals surface area contributed by atoms with Crippen molar-refractivity contribution < 1.29 is 4.79 Å². The lowest BCUT2D eigenvalue weighted by Gasteiger charge is -2.22. The maximum absolute atomic E-state index is 13.0. The van der Waals surface area contributed by atoms with E-state index in [-0.39, 0.29) is 5.91 Å². The van der Waals surface area contributed by atoms with Crippen LogP contribution in [0.2, 0.25) is 0 Å². The zero-order valence-corrected chi connectivity index (χ0v) is 15.2. The molecule has 1 aromatic heterocycles. The molecule has 0 saturated carbocycles. The van der Waals surface area contributed by atoms with Crippen LogP contribution in [0.25, 0.3) is 0 Å². The van der Waals surface area contributed by atoms with E-state index in [0.717, 1.165) is 22.7 Å². The minimum atomic E-state index is 0.119. The quantitative estimate of drug-likeness (QED) is 0.704. The molecule has 26 heavy (non-hydrogen) atoms. The summed E-state index contributed by atoms with van der Waals surface area (Å²) in [5.74, 6) is 0.119. The molecule has 0 bridgehead atoms. The van der Waals surface area contributed by atoms with Gasteiger partial charge in [0.1, 0.15) is 0 Å². The smallest absolute Gasteiger partial charge is 0.242 e. The molecule has 132 valence electrons. The summed E-state index contributed by atoms with van der Waals surface area (Å²) in [6, 6.07) is 18.4. The number of imidazole rings is 1. The van der Waals surface area contributed by atoms with Crippen molar-refractivity contribution in [1.29, 1.82) is 0 Å². The number of fused-ring (bicyclic) bond motifs is 1. The Hall–Kier alpha value is -2.57. The lowest BCUT2D eigenvalue weighted by atomic mass is 10.1. The van der Waals surface area contributed by atoms with Crippen molar-refractivity contribution in [3.63, 3.8) is 0 Å². The number of carbonyl (C=O) groups is 1. The Labute approximate surface area is 157 Å². The highest BCUT2D eigenvalue weighted by atomic mass is 32.2. The van der Waals surface area contributed by atoms with Crippen LogP contribution in [0.4, 0.5) is 5.69 Å². The molecular weight excluding hydrogens is 344 g/mol. The third kappa shape index (κ3) is 3.81. The molecule has 4 rings (SSSR count). The van der Waals surface area contributed by atoms with Crippen molar-refractivity contribution in [1.82, 2.24) is 14.3 Å². The lowest BCUT2D eigenvalue weighted by Crippen LogP contribution is -2.37. The Morgan fingerprint density at radius 1 is 1.08 bits per heavy atom. The van der Waals surface area contributed by atoms with Crippen molar-refractivity contribution >= 4 is 23.5 Å². The molecule has 2 aromatic carbocycles. The van der Waals surface area contributed by atoms with E-state index in [1.54, 1.807) is 18.3 Å². The van der Waals surface area contributed by atoms with E-state index in [1.165, 1.54) is 5.56 Å². The Morgan fingerprint density at radius 2 is 1.88 bits per heavy atom. The van der Waals surface area contributed by atoms with Gasteiger partial charge in [0.25, 0.3) is 0 Å². The second kappa shape index (κ2) is 7.76. The molecule has 6 heteroatoms. The van der Waals surface area contributed by atoms with Gasteiger partial charge in [-0.3, -0.25) is 4.79 Å². The van der Waals surface area contributed by atoms with Crippen molar-refractivity contribution in [3.05, 3.63) is 78.4 Å². The zero-order valence-electron chi connectivity index (χ0n) is 14.3. The second-order valence-corrected chi connectivity index (χ2v) is 7.34. The molecule has 0 spiro atoms. The average molecular weight is 364 g/mol. The van der Waals surface area contributed by atoms with E-state index in [9.17, 15) is 4.79 Å². The summed E-state index contributed by atoms with van der Waals surface area (Å²) in [6.45, 7) is 1.67. The fourth-order valence-corrected chi connectivity index (χ4v) is 4.14. The van der Waals surface area contributed by atoms with Crippen LogP contribution in [-0.2, 0) is 17.8 Å². The zero-order chi connectivity index (χ0) is 17.8. The van der Waals surface area contributed by atoms with Crippen molar-refractivity contribution in [2.75, 3.05) is 18.0 Å². The number of aromatic amines is 1. The fourth-order valence-electron chi connectivity index (χ4n) is 3.08. The molecule has 1 aliphatic rings. The Bertz CT molecular complexity index is 867. The summed E-state index contributed by atoms with van der Waals surface area (Å²) < 4.78 is 2.07. The average Bonchev–Trinajstić information content (AvgIpc) is 3.12. The number of para-hydroxylation sites is 1. The maximum Gasteiger partial charge on any atom is 0.242 e. The van der Waals surface area contributed by atoms with Gasteiger partial charge < -0.3 is 9.88 Å². The third-order valence-electron chi connectivity index (χ3n) is 4.36. The van der Waals surface area contributed by atoms with Crippen molar-refractivity contribution in [2.24, 2.45) is 0 Å². The van der Waals surface area contributed by atoms with E-state index in [2.05, 4.69) is 32.5 Å². The summed E-state index contributed by atoms with van der Waals surface area (Å²) in [7, 11) is 0. The first-order valence-corrected chi connectivity index (χ1v) is 9.41. The van der Waals surface area contributed by atoms with Gasteiger partial charge in [0, 0.05) is 17.6 Å². The minimum absolute atomic E-state index is 0.119. The molecule has 1 aliphatic heterocycles. The van der Waals surface area contributed by atoms with Crippen molar-refractivity contribution in [3.8, 4) is 0 Å². The number of nitrogens with zero attached hydrogens (tertiary/aromatic N) is 3. The van der Waals surface area contributed by atoms with Gasteiger partial charge in [-0.05, 0) is 36.1 Å². The number of nitrogens with one attached hydrogen (secondary N) is 1. The fraction of sp³-hybridized carbons (Fsp3) is 0.200. The van der Waals surface area contributed by atoms with Crippen LogP contribution in [-0.4, -0.2) is 33.3 Å². The third-order valence-corrected chi connectivity index (χ3v) is 5.41. The van der Waals surface area contributed by atoms with Crippen LogP contribution in [0.1, 0.15) is 11.3 Å². The molecule has 0 fully saturated rings. The van der Waals surface area contributed by atoms with Crippen molar-refractivity contribution in [2.45, 2.75) is 17.9 Å². The maximum atomic E-state index is 13.0. The lowest BCUT2D eigenvalue weighted by molar-refractivity contribution is -0.118. The molecule has 1 N–H and O–H groups in total. The van der Waals surface area contributed by atoms with Crippen LogP contribution < -0.4 is 4.90 Å². The Balaban J connectivity index is 1.56. The summed E-state index contributed by atoms with van der Waals surface area (Å²) in [6.07, 6.45) is 4.37. The number of carbonyl (C=O) groups excluding carboxylic acids is 1. The molecule has 0 unspecified atom stereocenters. The highest BCUT2D eigenvalue weighted by molar-refractivity contribution is 7.97. The molecule has 0 radical (unpaired) electrons. The first-order valence-electron chi connectivity index (χ1n) is 8.63. The summed E-state index contributed by atoms with van der Waals surface area (Å²) >= 11 is 1.62. The summed E-state index contributed by atoms with van der Waals surface area (Å²) in [5, 5.41) is 0. The molecule has 0 saturated heterocycles. The molecule has 0 atom stereocenters. The van der Waals surface area contributed by atoms with Gasteiger partial charge in [-0.25, -0.2) is 9.29 Å². The molecule has 3 aromatic rings. The second-order valence-electron chi connectivity index (χ2n) is 6.20. The first-order chi connectivity index (χ1) is 12.8. The van der Waals surface area contributed by atoms with Crippen LogP contribution in [0.15, 0.2) is 72.0 Å². The number of aromatic nitrogens is 2. The highest BCUT2D eigenvalue weighted by Gasteiger charge is 2.27. The van der Waals surface area contributed by atoms with Gasteiger partial charge >= 0.3 is 0 Å². The van der Waals surface area contributed by atoms with Crippen LogP contribution in [0, 0.1) is 0 Å². The highest BCUT2D eigenvalue weighted by Crippen LogP contribution is 2.36. The largest absolute Gasteiger partial charge is 0.351 e. The standard InChI is InChI=1S/C20H20N4OS/c25-20-14-23(13-17-12-21-15-22-17)26-19-9-5-4-8-18(19)24(20)11-10-16-6-2-1-3-7-16/h1-9,12,15H,10-11,13-14H2,(H,21,22). The van der Waals surface area contributed by atoms with E-state index >= 15 is 0 Å². The number of anilines is 1. The van der Waals surface area contributed by atoms with E-state index in [4.69, 9.17) is 0 Å². The van der Waals surface area contributed by atoms with Gasteiger partial charge in [0.2, 0.25) is 5.91 Å². The number of amides is 1. The van der Waals surface area contributed by atoms with Gasteiger partial charge in [0.15, 0.2) is 0 Å². The predicted octanol–water partition coefficient (Wildman–Crippen LogP) is 3.51. The van der Waals surface area contributed by atoms with Gasteiger partial charge in [-0.2, -0.15) is 0 Å². The Kier molecular flexibility index (Phi) is 5.04. The van der Waals surface area contributed by atoms with Crippen LogP contribution in [0.3, 0.4) is 0 Å². The minimum Gasteiger partial charge on any atom is -0.351 e. The van der Waals surface area contributed by atoms with Crippen LogP contribution >= 0.6 is 11.9 Å². The van der Waals surface area contributed by atoms with E-state index in [0.29, 0.717) is 19.6 Å². The number of rotatable bonds is 5. The molecule has 0 aliphatic carbocycles. The van der Waals surface area contributed by atoms with Gasteiger partial charge in [-0.15, -0.1) is 0 Å². The molecule has 2 heterocycles.